The SMILES string of the molecule is CNCC1Cc2ccccc2CN1c1cc(C)nc(C)n1. The van der Waals surface area contributed by atoms with Crippen LogP contribution in [0.4, 0.5) is 5.82 Å². The lowest BCUT2D eigenvalue weighted by Crippen LogP contribution is -2.46. The minimum Gasteiger partial charge on any atom is -0.348 e. The van der Waals surface area contributed by atoms with Crippen LogP contribution in [0.3, 0.4) is 0 Å². The van der Waals surface area contributed by atoms with Crippen LogP contribution in [0.5, 0.6) is 0 Å². The van der Waals surface area contributed by atoms with Crippen molar-refractivity contribution in [3.63, 3.8) is 0 Å². The number of hydrogen-bond acceptors (Lipinski definition) is 4. The summed E-state index contributed by atoms with van der Waals surface area (Å²) in [5.74, 6) is 1.88. The normalized spacial score (nSPS) is 17.7. The molecular weight excluding hydrogens is 260 g/mol. The Morgan fingerprint density at radius 2 is 1.95 bits per heavy atom. The monoisotopic (exact) mass is 282 g/mol. The predicted molar refractivity (Wildman–Crippen MR) is 85.5 cm³/mol. The number of hydrogen-bond donors (Lipinski definition) is 1. The zero-order valence-electron chi connectivity index (χ0n) is 12.9. The van der Waals surface area contributed by atoms with Crippen LogP contribution in [0.15, 0.2) is 30.3 Å². The molecule has 2 heterocycles. The van der Waals surface area contributed by atoms with Gasteiger partial charge in [-0.15, -0.1) is 0 Å². The summed E-state index contributed by atoms with van der Waals surface area (Å²) in [6.45, 7) is 5.86. The zero-order chi connectivity index (χ0) is 14.8. The summed E-state index contributed by atoms with van der Waals surface area (Å²) < 4.78 is 0. The molecule has 4 heteroatoms. The second-order valence-electron chi connectivity index (χ2n) is 5.73. The molecule has 3 rings (SSSR count). The number of anilines is 1. The zero-order valence-corrected chi connectivity index (χ0v) is 12.9. The maximum absolute atomic E-state index is 4.65. The lowest BCUT2D eigenvalue weighted by molar-refractivity contribution is 0.522. The maximum atomic E-state index is 4.65. The minimum atomic E-state index is 0.429. The molecule has 1 N–H and O–H groups in total. The van der Waals surface area contributed by atoms with E-state index >= 15 is 0 Å². The maximum Gasteiger partial charge on any atom is 0.133 e. The van der Waals surface area contributed by atoms with Crippen molar-refractivity contribution in [3.8, 4) is 0 Å². The van der Waals surface area contributed by atoms with Crippen LogP contribution in [0, 0.1) is 13.8 Å². The number of aryl methyl sites for hydroxylation is 2. The summed E-state index contributed by atoms with van der Waals surface area (Å²) in [5.41, 5.74) is 3.88. The van der Waals surface area contributed by atoms with Crippen molar-refractivity contribution in [1.29, 1.82) is 0 Å². The van der Waals surface area contributed by atoms with Crippen molar-refractivity contribution >= 4 is 5.82 Å². The molecule has 0 amide bonds. The van der Waals surface area contributed by atoms with Gasteiger partial charge in [-0.05, 0) is 38.4 Å². The first kappa shape index (κ1) is 14.0. The molecule has 0 saturated heterocycles. The van der Waals surface area contributed by atoms with E-state index in [9.17, 15) is 0 Å². The smallest absolute Gasteiger partial charge is 0.133 e. The van der Waals surface area contributed by atoms with Crippen molar-refractivity contribution in [2.45, 2.75) is 32.9 Å². The van der Waals surface area contributed by atoms with Crippen LogP contribution in [-0.4, -0.2) is 29.6 Å². The van der Waals surface area contributed by atoms with Crippen molar-refractivity contribution in [3.05, 3.63) is 53.0 Å². The highest BCUT2D eigenvalue weighted by Crippen LogP contribution is 2.27. The molecule has 0 fully saturated rings. The van der Waals surface area contributed by atoms with E-state index in [-0.39, 0.29) is 0 Å². The minimum absolute atomic E-state index is 0.429. The summed E-state index contributed by atoms with van der Waals surface area (Å²) >= 11 is 0. The molecule has 0 radical (unpaired) electrons. The Morgan fingerprint density at radius 3 is 2.67 bits per heavy atom. The van der Waals surface area contributed by atoms with E-state index in [2.05, 4.69) is 50.5 Å². The van der Waals surface area contributed by atoms with Gasteiger partial charge in [0.25, 0.3) is 0 Å². The highest BCUT2D eigenvalue weighted by molar-refractivity contribution is 5.46. The van der Waals surface area contributed by atoms with Gasteiger partial charge in [0.05, 0.1) is 0 Å². The van der Waals surface area contributed by atoms with E-state index in [4.69, 9.17) is 0 Å². The largest absolute Gasteiger partial charge is 0.348 e. The molecule has 0 aliphatic carbocycles. The van der Waals surface area contributed by atoms with Gasteiger partial charge in [-0.25, -0.2) is 9.97 Å². The Balaban J connectivity index is 1.98. The lowest BCUT2D eigenvalue weighted by Gasteiger charge is -2.38. The summed E-state index contributed by atoms with van der Waals surface area (Å²) in [5, 5.41) is 3.31. The van der Waals surface area contributed by atoms with E-state index in [1.54, 1.807) is 0 Å². The number of benzene rings is 1. The second-order valence-corrected chi connectivity index (χ2v) is 5.73. The first-order valence-corrected chi connectivity index (χ1v) is 7.47. The molecule has 1 unspecified atom stereocenters. The molecule has 2 aromatic rings. The summed E-state index contributed by atoms with van der Waals surface area (Å²) in [6.07, 6.45) is 1.05. The Bertz CT molecular complexity index is 618. The summed E-state index contributed by atoms with van der Waals surface area (Å²) in [6, 6.07) is 11.2. The van der Waals surface area contributed by atoms with Gasteiger partial charge in [0.2, 0.25) is 0 Å². The van der Waals surface area contributed by atoms with E-state index in [0.29, 0.717) is 6.04 Å². The van der Waals surface area contributed by atoms with Gasteiger partial charge >= 0.3 is 0 Å². The Labute approximate surface area is 126 Å². The van der Waals surface area contributed by atoms with E-state index in [1.165, 1.54) is 11.1 Å². The van der Waals surface area contributed by atoms with E-state index in [0.717, 1.165) is 36.8 Å². The second kappa shape index (κ2) is 5.82. The van der Waals surface area contributed by atoms with Crippen LogP contribution in [0.2, 0.25) is 0 Å². The van der Waals surface area contributed by atoms with Gasteiger partial charge in [-0.2, -0.15) is 0 Å². The molecule has 0 saturated carbocycles. The van der Waals surface area contributed by atoms with Crippen LogP contribution >= 0.6 is 0 Å². The predicted octanol–water partition coefficient (Wildman–Crippen LogP) is 2.24. The van der Waals surface area contributed by atoms with Gasteiger partial charge < -0.3 is 10.2 Å². The molecule has 1 atom stereocenters. The third-order valence-corrected chi connectivity index (χ3v) is 4.04. The van der Waals surface area contributed by atoms with Gasteiger partial charge in [-0.1, -0.05) is 24.3 Å². The van der Waals surface area contributed by atoms with Gasteiger partial charge in [0.15, 0.2) is 0 Å². The molecule has 1 aromatic heterocycles. The van der Waals surface area contributed by atoms with Crippen LogP contribution in [0.25, 0.3) is 0 Å². The highest BCUT2D eigenvalue weighted by Gasteiger charge is 2.26. The molecule has 110 valence electrons. The average molecular weight is 282 g/mol. The fourth-order valence-electron chi connectivity index (χ4n) is 3.12. The van der Waals surface area contributed by atoms with Crippen molar-refractivity contribution in [2.24, 2.45) is 0 Å². The fourth-order valence-corrected chi connectivity index (χ4v) is 3.12. The van der Waals surface area contributed by atoms with Crippen LogP contribution in [-0.2, 0) is 13.0 Å². The van der Waals surface area contributed by atoms with Gasteiger partial charge in [0, 0.05) is 30.9 Å². The number of aromatic nitrogens is 2. The van der Waals surface area contributed by atoms with Crippen LogP contribution in [0.1, 0.15) is 22.6 Å². The van der Waals surface area contributed by atoms with Crippen molar-refractivity contribution < 1.29 is 0 Å². The quantitative estimate of drug-likeness (QED) is 0.937. The number of fused-ring (bicyclic) bond motifs is 1. The Hall–Kier alpha value is -1.94. The number of nitrogens with one attached hydrogen (secondary N) is 1. The molecular formula is C17H22N4. The number of likely N-dealkylation sites (N-methyl/N-ethyl adjacent to an activating group) is 1. The third kappa shape index (κ3) is 2.90. The third-order valence-electron chi connectivity index (χ3n) is 4.04. The van der Waals surface area contributed by atoms with Gasteiger partial charge in [-0.3, -0.25) is 0 Å². The van der Waals surface area contributed by atoms with E-state index < -0.39 is 0 Å². The molecule has 1 aliphatic heterocycles. The average Bonchev–Trinajstić information content (AvgIpc) is 2.46. The molecule has 21 heavy (non-hydrogen) atoms. The standard InChI is InChI=1S/C17H22N4/c1-12-8-17(20-13(2)19-12)21-11-15-7-5-4-6-14(15)9-16(21)10-18-3/h4-8,16,18H,9-11H2,1-3H3. The van der Waals surface area contributed by atoms with Gasteiger partial charge in [0.1, 0.15) is 11.6 Å². The molecule has 0 spiro atoms. The topological polar surface area (TPSA) is 41.0 Å². The first-order valence-electron chi connectivity index (χ1n) is 7.47. The highest BCUT2D eigenvalue weighted by atomic mass is 15.2. The van der Waals surface area contributed by atoms with Crippen molar-refractivity contribution in [1.82, 2.24) is 15.3 Å². The summed E-state index contributed by atoms with van der Waals surface area (Å²) in [7, 11) is 2.01. The first-order chi connectivity index (χ1) is 10.2. The molecule has 4 nitrogen and oxygen atoms in total. The summed E-state index contributed by atoms with van der Waals surface area (Å²) in [4.78, 5) is 11.4. The number of rotatable bonds is 3. The fraction of sp³-hybridized carbons (Fsp3) is 0.412. The Morgan fingerprint density at radius 1 is 1.19 bits per heavy atom. The van der Waals surface area contributed by atoms with Crippen molar-refractivity contribution in [2.75, 3.05) is 18.5 Å². The van der Waals surface area contributed by atoms with Crippen LogP contribution < -0.4 is 10.2 Å². The Kier molecular flexibility index (Phi) is 3.88. The number of nitrogens with zero attached hydrogens (tertiary/aromatic N) is 3. The molecule has 0 bridgehead atoms. The molecule has 1 aromatic carbocycles. The van der Waals surface area contributed by atoms with E-state index in [1.807, 2.05) is 20.9 Å². The lowest BCUT2D eigenvalue weighted by atomic mass is 9.94. The molecule has 1 aliphatic rings.